The molecule has 0 saturated heterocycles. The molecule has 0 amide bonds. The number of H-pyrrole nitrogens is 1. The minimum atomic E-state index is -0.119. The minimum absolute atomic E-state index is 0.119. The van der Waals surface area contributed by atoms with Gasteiger partial charge in [-0.2, -0.15) is 0 Å². The smallest absolute Gasteiger partial charge is 0.252 e. The van der Waals surface area contributed by atoms with Crippen molar-refractivity contribution < 1.29 is 0 Å². The number of aromatic amines is 1. The Morgan fingerprint density at radius 3 is 3.06 bits per heavy atom. The summed E-state index contributed by atoms with van der Waals surface area (Å²) in [6, 6.07) is 1.48. The van der Waals surface area contributed by atoms with Gasteiger partial charge in [-0.1, -0.05) is 13.8 Å². The quantitative estimate of drug-likeness (QED) is 0.866. The summed E-state index contributed by atoms with van der Waals surface area (Å²) < 4.78 is 0. The molecule has 0 spiro atoms. The van der Waals surface area contributed by atoms with E-state index in [0.29, 0.717) is 30.5 Å². The molecule has 5 nitrogen and oxygen atoms in total. The van der Waals surface area contributed by atoms with Gasteiger partial charge in [0.05, 0.1) is 5.01 Å². The highest BCUT2D eigenvalue weighted by atomic mass is 32.1. The molecule has 1 unspecified atom stereocenters. The number of nitrogens with one attached hydrogen (secondary N) is 2. The Hall–Kier alpha value is -1.69. The predicted octanol–water partition coefficient (Wildman–Crippen LogP) is 2.00. The largest absolute Gasteiger partial charge is 0.369 e. The van der Waals surface area contributed by atoms with Crippen LogP contribution in [-0.2, 0) is 6.42 Å². The summed E-state index contributed by atoms with van der Waals surface area (Å²) >= 11 is 1.64. The van der Waals surface area contributed by atoms with E-state index in [-0.39, 0.29) is 5.56 Å². The summed E-state index contributed by atoms with van der Waals surface area (Å²) in [6.07, 6.45) is 2.52. The van der Waals surface area contributed by atoms with Crippen molar-refractivity contribution in [1.29, 1.82) is 0 Å². The molecule has 2 heterocycles. The first kappa shape index (κ1) is 12.8. The molecule has 18 heavy (non-hydrogen) atoms. The zero-order valence-electron chi connectivity index (χ0n) is 10.4. The van der Waals surface area contributed by atoms with Crippen LogP contribution in [0.25, 0.3) is 0 Å². The third kappa shape index (κ3) is 3.16. The second kappa shape index (κ2) is 5.77. The molecule has 2 aromatic rings. The Balaban J connectivity index is 2.02. The number of aryl methyl sites for hydroxylation is 1. The van der Waals surface area contributed by atoms with Crippen LogP contribution in [0.3, 0.4) is 0 Å². The SMILES string of the molecule is CCc1nc(NCC(C)c2nccs2)cc(=O)[nH]1. The summed E-state index contributed by atoms with van der Waals surface area (Å²) in [5, 5.41) is 6.23. The van der Waals surface area contributed by atoms with Gasteiger partial charge in [-0.3, -0.25) is 4.79 Å². The van der Waals surface area contributed by atoms with Gasteiger partial charge in [-0.25, -0.2) is 9.97 Å². The lowest BCUT2D eigenvalue weighted by Gasteiger charge is -2.10. The normalized spacial score (nSPS) is 12.3. The Morgan fingerprint density at radius 1 is 1.56 bits per heavy atom. The van der Waals surface area contributed by atoms with Crippen LogP contribution in [0.2, 0.25) is 0 Å². The first-order valence-electron chi connectivity index (χ1n) is 5.92. The highest BCUT2D eigenvalue weighted by molar-refractivity contribution is 7.09. The van der Waals surface area contributed by atoms with E-state index in [4.69, 9.17) is 0 Å². The predicted molar refractivity (Wildman–Crippen MR) is 73.3 cm³/mol. The fraction of sp³-hybridized carbons (Fsp3) is 0.417. The maximum Gasteiger partial charge on any atom is 0.252 e. The summed E-state index contributed by atoms with van der Waals surface area (Å²) in [5.41, 5.74) is -0.119. The summed E-state index contributed by atoms with van der Waals surface area (Å²) in [4.78, 5) is 22.7. The van der Waals surface area contributed by atoms with Crippen LogP contribution < -0.4 is 10.9 Å². The van der Waals surface area contributed by atoms with Crippen molar-refractivity contribution in [3.8, 4) is 0 Å². The van der Waals surface area contributed by atoms with E-state index in [0.717, 1.165) is 5.01 Å². The fourth-order valence-electron chi connectivity index (χ4n) is 1.59. The van der Waals surface area contributed by atoms with E-state index in [1.165, 1.54) is 6.07 Å². The minimum Gasteiger partial charge on any atom is -0.369 e. The zero-order chi connectivity index (χ0) is 13.0. The first-order chi connectivity index (χ1) is 8.69. The second-order valence-corrected chi connectivity index (χ2v) is 5.01. The van der Waals surface area contributed by atoms with Crippen LogP contribution in [0, 0.1) is 0 Å². The van der Waals surface area contributed by atoms with Crippen molar-refractivity contribution in [2.45, 2.75) is 26.2 Å². The van der Waals surface area contributed by atoms with Gasteiger partial charge in [0.2, 0.25) is 0 Å². The van der Waals surface area contributed by atoms with Crippen molar-refractivity contribution in [1.82, 2.24) is 15.0 Å². The topological polar surface area (TPSA) is 70.7 Å². The monoisotopic (exact) mass is 264 g/mol. The van der Waals surface area contributed by atoms with Crippen LogP contribution in [0.4, 0.5) is 5.82 Å². The molecule has 2 aromatic heterocycles. The molecule has 0 radical (unpaired) electrons. The molecule has 0 saturated carbocycles. The van der Waals surface area contributed by atoms with Gasteiger partial charge < -0.3 is 10.3 Å². The third-order valence-electron chi connectivity index (χ3n) is 2.59. The van der Waals surface area contributed by atoms with Crippen molar-refractivity contribution in [2.24, 2.45) is 0 Å². The number of hydrogen-bond donors (Lipinski definition) is 2. The van der Waals surface area contributed by atoms with Crippen molar-refractivity contribution in [2.75, 3.05) is 11.9 Å². The van der Waals surface area contributed by atoms with Crippen molar-refractivity contribution in [3.63, 3.8) is 0 Å². The molecule has 96 valence electrons. The number of rotatable bonds is 5. The molecule has 0 aromatic carbocycles. The Bertz CT molecular complexity index is 549. The summed E-state index contributed by atoms with van der Waals surface area (Å²) in [5.74, 6) is 1.63. The molecule has 0 bridgehead atoms. The maximum absolute atomic E-state index is 11.4. The van der Waals surface area contributed by atoms with E-state index in [1.807, 2.05) is 12.3 Å². The lowest BCUT2D eigenvalue weighted by molar-refractivity contribution is 0.788. The standard InChI is InChI=1S/C12H16N4OS/c1-3-9-15-10(6-11(17)16-9)14-7-8(2)12-13-4-5-18-12/h4-6,8H,3,7H2,1-2H3,(H2,14,15,16,17). The van der Waals surface area contributed by atoms with Gasteiger partial charge in [0.15, 0.2) is 0 Å². The molecule has 0 aliphatic heterocycles. The van der Waals surface area contributed by atoms with Gasteiger partial charge in [-0.15, -0.1) is 11.3 Å². The van der Waals surface area contributed by atoms with E-state index in [9.17, 15) is 4.79 Å². The highest BCUT2D eigenvalue weighted by Crippen LogP contribution is 2.17. The fourth-order valence-corrected chi connectivity index (χ4v) is 2.29. The molecule has 2 rings (SSSR count). The molecular formula is C12H16N4OS. The summed E-state index contributed by atoms with van der Waals surface area (Å²) in [6.45, 7) is 4.77. The number of aromatic nitrogens is 3. The number of nitrogens with zero attached hydrogens (tertiary/aromatic N) is 2. The Labute approximate surface area is 109 Å². The third-order valence-corrected chi connectivity index (χ3v) is 3.60. The number of anilines is 1. The lowest BCUT2D eigenvalue weighted by atomic mass is 10.2. The number of thiazole rings is 1. The van der Waals surface area contributed by atoms with Gasteiger partial charge in [0.25, 0.3) is 5.56 Å². The van der Waals surface area contributed by atoms with Crippen LogP contribution in [0.1, 0.15) is 30.6 Å². The number of hydrogen-bond acceptors (Lipinski definition) is 5. The average Bonchev–Trinajstić information content (AvgIpc) is 2.89. The van der Waals surface area contributed by atoms with Crippen molar-refractivity contribution >= 4 is 17.2 Å². The van der Waals surface area contributed by atoms with Crippen molar-refractivity contribution in [3.05, 3.63) is 38.8 Å². The van der Waals surface area contributed by atoms with Gasteiger partial charge in [0, 0.05) is 36.5 Å². The van der Waals surface area contributed by atoms with Gasteiger partial charge in [0.1, 0.15) is 11.6 Å². The molecular weight excluding hydrogens is 248 g/mol. The van der Waals surface area contributed by atoms with E-state index < -0.39 is 0 Å². The van der Waals surface area contributed by atoms with Crippen LogP contribution >= 0.6 is 11.3 Å². The van der Waals surface area contributed by atoms with Gasteiger partial charge in [-0.05, 0) is 0 Å². The Kier molecular flexibility index (Phi) is 4.09. The van der Waals surface area contributed by atoms with E-state index >= 15 is 0 Å². The zero-order valence-corrected chi connectivity index (χ0v) is 11.3. The molecule has 0 aliphatic carbocycles. The maximum atomic E-state index is 11.4. The van der Waals surface area contributed by atoms with Crippen LogP contribution in [-0.4, -0.2) is 21.5 Å². The molecule has 6 heteroatoms. The average molecular weight is 264 g/mol. The molecule has 1 atom stereocenters. The van der Waals surface area contributed by atoms with Crippen LogP contribution in [0.15, 0.2) is 22.4 Å². The highest BCUT2D eigenvalue weighted by Gasteiger charge is 2.08. The Morgan fingerprint density at radius 2 is 2.39 bits per heavy atom. The van der Waals surface area contributed by atoms with Gasteiger partial charge >= 0.3 is 0 Å². The molecule has 0 fully saturated rings. The van der Waals surface area contributed by atoms with E-state index in [1.54, 1.807) is 17.5 Å². The molecule has 0 aliphatic rings. The summed E-state index contributed by atoms with van der Waals surface area (Å²) in [7, 11) is 0. The van der Waals surface area contributed by atoms with Crippen LogP contribution in [0.5, 0.6) is 0 Å². The molecule has 2 N–H and O–H groups in total. The van der Waals surface area contributed by atoms with E-state index in [2.05, 4.69) is 27.2 Å². The first-order valence-corrected chi connectivity index (χ1v) is 6.80. The lowest BCUT2D eigenvalue weighted by Crippen LogP contribution is -2.16. The second-order valence-electron chi connectivity index (χ2n) is 4.08.